The second-order valence-electron chi connectivity index (χ2n) is 6.28. The Morgan fingerprint density at radius 1 is 1.00 bits per heavy atom. The standard InChI is InChI=1S/C22H23NO2S/c1-4-25-22(24)20-19(18-11-7-16(3)8-12-18)14-26-21(20)23-13-17-9-5-15(2)6-10-17/h5-12,14,23H,4,13H2,1-3H3. The molecule has 0 fully saturated rings. The Labute approximate surface area is 158 Å². The normalized spacial score (nSPS) is 10.6. The molecule has 0 spiro atoms. The van der Waals surface area contributed by atoms with Crippen LogP contribution in [-0.4, -0.2) is 12.6 Å². The van der Waals surface area contributed by atoms with Gasteiger partial charge in [-0.3, -0.25) is 0 Å². The Morgan fingerprint density at radius 3 is 2.23 bits per heavy atom. The van der Waals surface area contributed by atoms with Crippen LogP contribution in [0.3, 0.4) is 0 Å². The Kier molecular flexibility index (Phi) is 5.74. The zero-order chi connectivity index (χ0) is 18.5. The largest absolute Gasteiger partial charge is 0.462 e. The van der Waals surface area contributed by atoms with Crippen molar-refractivity contribution in [3.05, 3.63) is 76.2 Å². The van der Waals surface area contributed by atoms with Crippen LogP contribution in [0.1, 0.15) is 34.0 Å². The van der Waals surface area contributed by atoms with Crippen LogP contribution in [0, 0.1) is 13.8 Å². The van der Waals surface area contributed by atoms with Gasteiger partial charge in [0.05, 0.1) is 6.61 Å². The van der Waals surface area contributed by atoms with Gasteiger partial charge in [0, 0.05) is 17.5 Å². The highest BCUT2D eigenvalue weighted by atomic mass is 32.1. The van der Waals surface area contributed by atoms with Crippen molar-refractivity contribution in [3.8, 4) is 11.1 Å². The first-order valence-corrected chi connectivity index (χ1v) is 9.61. The molecule has 0 unspecified atom stereocenters. The maximum atomic E-state index is 12.6. The van der Waals surface area contributed by atoms with E-state index in [2.05, 4.69) is 55.6 Å². The summed E-state index contributed by atoms with van der Waals surface area (Å²) in [6, 6.07) is 16.6. The molecular weight excluding hydrogens is 342 g/mol. The van der Waals surface area contributed by atoms with E-state index in [0.29, 0.717) is 18.7 Å². The number of anilines is 1. The van der Waals surface area contributed by atoms with Gasteiger partial charge in [0.2, 0.25) is 0 Å². The summed E-state index contributed by atoms with van der Waals surface area (Å²) in [6.07, 6.45) is 0. The Bertz CT molecular complexity index is 880. The van der Waals surface area contributed by atoms with Gasteiger partial charge in [-0.2, -0.15) is 0 Å². The fraction of sp³-hybridized carbons (Fsp3) is 0.227. The number of carbonyl (C=O) groups excluding carboxylic acids is 1. The maximum Gasteiger partial charge on any atom is 0.341 e. The van der Waals surface area contributed by atoms with E-state index in [0.717, 1.165) is 16.1 Å². The van der Waals surface area contributed by atoms with Crippen molar-refractivity contribution >= 4 is 22.3 Å². The molecule has 3 nitrogen and oxygen atoms in total. The summed E-state index contributed by atoms with van der Waals surface area (Å²) in [6.45, 7) is 6.98. The van der Waals surface area contributed by atoms with Gasteiger partial charge in [-0.05, 0) is 31.9 Å². The van der Waals surface area contributed by atoms with E-state index >= 15 is 0 Å². The summed E-state index contributed by atoms with van der Waals surface area (Å²) in [5, 5.41) is 6.28. The third kappa shape index (κ3) is 4.14. The summed E-state index contributed by atoms with van der Waals surface area (Å²) in [5.41, 5.74) is 6.17. The van der Waals surface area contributed by atoms with Crippen LogP contribution in [0.2, 0.25) is 0 Å². The molecule has 0 aliphatic carbocycles. The van der Waals surface area contributed by atoms with Gasteiger partial charge >= 0.3 is 5.97 Å². The van der Waals surface area contributed by atoms with Crippen LogP contribution in [0.25, 0.3) is 11.1 Å². The number of aryl methyl sites for hydroxylation is 2. The lowest BCUT2D eigenvalue weighted by Crippen LogP contribution is -2.09. The second-order valence-corrected chi connectivity index (χ2v) is 7.16. The minimum atomic E-state index is -0.282. The molecule has 0 saturated heterocycles. The third-order valence-electron chi connectivity index (χ3n) is 4.21. The molecule has 0 aliphatic rings. The Balaban J connectivity index is 1.90. The topological polar surface area (TPSA) is 38.3 Å². The van der Waals surface area contributed by atoms with Crippen molar-refractivity contribution in [3.63, 3.8) is 0 Å². The molecule has 0 atom stereocenters. The van der Waals surface area contributed by atoms with Gasteiger partial charge in [0.25, 0.3) is 0 Å². The predicted octanol–water partition coefficient (Wildman–Crippen LogP) is 5.82. The van der Waals surface area contributed by atoms with E-state index in [1.165, 1.54) is 28.0 Å². The molecule has 0 aliphatic heterocycles. The highest BCUT2D eigenvalue weighted by molar-refractivity contribution is 7.15. The van der Waals surface area contributed by atoms with Crippen molar-refractivity contribution in [1.29, 1.82) is 0 Å². The number of hydrogen-bond acceptors (Lipinski definition) is 4. The molecule has 0 saturated carbocycles. The maximum absolute atomic E-state index is 12.6. The van der Waals surface area contributed by atoms with Crippen LogP contribution >= 0.6 is 11.3 Å². The SMILES string of the molecule is CCOC(=O)c1c(-c2ccc(C)cc2)csc1NCc1ccc(C)cc1. The number of esters is 1. The molecule has 134 valence electrons. The lowest BCUT2D eigenvalue weighted by Gasteiger charge is -2.10. The lowest BCUT2D eigenvalue weighted by atomic mass is 10.0. The quantitative estimate of drug-likeness (QED) is 0.559. The van der Waals surface area contributed by atoms with Gasteiger partial charge in [0.15, 0.2) is 0 Å². The smallest absolute Gasteiger partial charge is 0.341 e. The van der Waals surface area contributed by atoms with Crippen molar-refractivity contribution in [1.82, 2.24) is 0 Å². The van der Waals surface area contributed by atoms with Gasteiger partial charge in [-0.1, -0.05) is 59.7 Å². The lowest BCUT2D eigenvalue weighted by molar-refractivity contribution is 0.0529. The number of thiophene rings is 1. The van der Waals surface area contributed by atoms with Crippen LogP contribution in [0.15, 0.2) is 53.9 Å². The van der Waals surface area contributed by atoms with E-state index in [4.69, 9.17) is 4.74 Å². The van der Waals surface area contributed by atoms with E-state index in [1.54, 1.807) is 0 Å². The molecule has 1 aromatic heterocycles. The van der Waals surface area contributed by atoms with Crippen LogP contribution in [-0.2, 0) is 11.3 Å². The van der Waals surface area contributed by atoms with Gasteiger partial charge in [0.1, 0.15) is 10.6 Å². The molecule has 26 heavy (non-hydrogen) atoms. The van der Waals surface area contributed by atoms with Crippen LogP contribution in [0.4, 0.5) is 5.00 Å². The van der Waals surface area contributed by atoms with Crippen molar-refractivity contribution in [2.45, 2.75) is 27.3 Å². The summed E-state index contributed by atoms with van der Waals surface area (Å²) in [7, 11) is 0. The minimum absolute atomic E-state index is 0.282. The number of carbonyl (C=O) groups is 1. The Hall–Kier alpha value is -2.59. The summed E-state index contributed by atoms with van der Waals surface area (Å²) < 4.78 is 5.31. The monoisotopic (exact) mass is 365 g/mol. The number of ether oxygens (including phenoxy) is 1. The molecule has 1 heterocycles. The van der Waals surface area contributed by atoms with Gasteiger partial charge < -0.3 is 10.1 Å². The number of hydrogen-bond donors (Lipinski definition) is 1. The number of rotatable bonds is 6. The molecule has 2 aromatic carbocycles. The number of benzene rings is 2. The zero-order valence-corrected chi connectivity index (χ0v) is 16.2. The zero-order valence-electron chi connectivity index (χ0n) is 15.3. The van der Waals surface area contributed by atoms with Crippen molar-refractivity contribution in [2.75, 3.05) is 11.9 Å². The fourth-order valence-corrected chi connectivity index (χ4v) is 3.68. The highest BCUT2D eigenvalue weighted by Crippen LogP contribution is 2.36. The molecule has 0 amide bonds. The molecule has 0 bridgehead atoms. The van der Waals surface area contributed by atoms with E-state index < -0.39 is 0 Å². The first-order valence-electron chi connectivity index (χ1n) is 8.73. The van der Waals surface area contributed by atoms with E-state index in [9.17, 15) is 4.79 Å². The fourth-order valence-electron chi connectivity index (χ4n) is 2.73. The summed E-state index contributed by atoms with van der Waals surface area (Å²) >= 11 is 1.54. The second kappa shape index (κ2) is 8.19. The molecule has 4 heteroatoms. The molecule has 3 aromatic rings. The molecule has 3 rings (SSSR count). The summed E-state index contributed by atoms with van der Waals surface area (Å²) in [4.78, 5) is 12.6. The molecular formula is C22H23NO2S. The van der Waals surface area contributed by atoms with Crippen LogP contribution < -0.4 is 5.32 Å². The average molecular weight is 365 g/mol. The molecule has 0 radical (unpaired) electrons. The first kappa shape index (κ1) is 18.2. The van der Waals surface area contributed by atoms with Gasteiger partial charge in [-0.25, -0.2) is 4.79 Å². The minimum Gasteiger partial charge on any atom is -0.462 e. The summed E-state index contributed by atoms with van der Waals surface area (Å²) in [5.74, 6) is -0.282. The van der Waals surface area contributed by atoms with E-state index in [-0.39, 0.29) is 5.97 Å². The number of nitrogens with one attached hydrogen (secondary N) is 1. The van der Waals surface area contributed by atoms with Crippen molar-refractivity contribution < 1.29 is 9.53 Å². The van der Waals surface area contributed by atoms with Crippen molar-refractivity contribution in [2.24, 2.45) is 0 Å². The third-order valence-corrected chi connectivity index (χ3v) is 5.14. The average Bonchev–Trinajstić information content (AvgIpc) is 3.06. The molecule has 1 N–H and O–H groups in total. The van der Waals surface area contributed by atoms with E-state index in [1.807, 2.05) is 24.4 Å². The first-order chi connectivity index (χ1) is 12.6. The Morgan fingerprint density at radius 2 is 1.62 bits per heavy atom. The van der Waals surface area contributed by atoms with Crippen LogP contribution in [0.5, 0.6) is 0 Å². The highest BCUT2D eigenvalue weighted by Gasteiger charge is 2.21. The predicted molar refractivity (Wildman–Crippen MR) is 109 cm³/mol. The van der Waals surface area contributed by atoms with Gasteiger partial charge in [-0.15, -0.1) is 11.3 Å².